The molecule has 2 unspecified atom stereocenters. The maximum absolute atomic E-state index is 13.3. The molecule has 4 heterocycles. The van der Waals surface area contributed by atoms with Gasteiger partial charge in [-0.25, -0.2) is 0 Å². The summed E-state index contributed by atoms with van der Waals surface area (Å²) in [5.41, 5.74) is 8.57. The molecule has 0 saturated carbocycles. The number of aromatic nitrogens is 2. The monoisotopic (exact) mass is 447 g/mol. The summed E-state index contributed by atoms with van der Waals surface area (Å²) in [7, 11) is 0. The van der Waals surface area contributed by atoms with Gasteiger partial charge in [0.2, 0.25) is 5.91 Å². The van der Waals surface area contributed by atoms with Gasteiger partial charge in [-0.05, 0) is 67.9 Å². The zero-order chi connectivity index (χ0) is 22.8. The van der Waals surface area contributed by atoms with Crippen LogP contribution in [0, 0.1) is 5.92 Å². The fourth-order valence-electron chi connectivity index (χ4n) is 5.25. The third kappa shape index (κ3) is 4.55. The van der Waals surface area contributed by atoms with Crippen LogP contribution >= 0.6 is 0 Å². The van der Waals surface area contributed by atoms with Crippen LogP contribution in [-0.4, -0.2) is 57.3 Å². The number of rotatable bonds is 6. The second-order valence-electron chi connectivity index (χ2n) is 9.05. The van der Waals surface area contributed by atoms with Crippen molar-refractivity contribution in [3.05, 3.63) is 53.9 Å². The van der Waals surface area contributed by atoms with Crippen LogP contribution in [0.5, 0.6) is 0 Å². The first-order valence-electron chi connectivity index (χ1n) is 11.7. The first kappa shape index (κ1) is 21.4. The molecule has 33 heavy (non-hydrogen) atoms. The number of amides is 2. The van der Waals surface area contributed by atoms with Gasteiger partial charge in [-0.2, -0.15) is 4.98 Å². The van der Waals surface area contributed by atoms with Crippen LogP contribution in [0.25, 0.3) is 11.1 Å². The van der Waals surface area contributed by atoms with Gasteiger partial charge in [-0.15, -0.1) is 0 Å². The minimum Gasteiger partial charge on any atom is -0.424 e. The van der Waals surface area contributed by atoms with Gasteiger partial charge >= 0.3 is 0 Å². The Hall–Kier alpha value is -3.42. The maximum atomic E-state index is 13.3. The van der Waals surface area contributed by atoms with Crippen LogP contribution in [0.15, 0.2) is 47.1 Å². The third-order valence-electron chi connectivity index (χ3n) is 6.91. The number of hydrogen-bond donors (Lipinski definition) is 1. The molecule has 2 amide bonds. The molecule has 2 aliphatic heterocycles. The first-order chi connectivity index (χ1) is 16.1. The van der Waals surface area contributed by atoms with Crippen LogP contribution in [-0.2, 0) is 11.2 Å². The van der Waals surface area contributed by atoms with Gasteiger partial charge < -0.3 is 20.0 Å². The lowest BCUT2D eigenvalue weighted by molar-refractivity contribution is -0.130. The van der Waals surface area contributed by atoms with Gasteiger partial charge in [-0.3, -0.25) is 14.6 Å². The summed E-state index contributed by atoms with van der Waals surface area (Å²) in [4.78, 5) is 38.3. The molecule has 2 fully saturated rings. The van der Waals surface area contributed by atoms with Crippen molar-refractivity contribution in [1.29, 1.82) is 0 Å². The van der Waals surface area contributed by atoms with Crippen LogP contribution in [0.2, 0.25) is 0 Å². The Kier molecular flexibility index (Phi) is 5.98. The van der Waals surface area contributed by atoms with E-state index >= 15 is 0 Å². The van der Waals surface area contributed by atoms with Crippen molar-refractivity contribution in [2.75, 3.05) is 25.4 Å². The van der Waals surface area contributed by atoms with E-state index in [4.69, 9.17) is 10.2 Å². The lowest BCUT2D eigenvalue weighted by atomic mass is 9.96. The van der Waals surface area contributed by atoms with Crippen LogP contribution in [0.1, 0.15) is 48.0 Å². The predicted octanol–water partition coefficient (Wildman–Crippen LogP) is 3.28. The molecule has 1 aromatic carbocycles. The Labute approximate surface area is 192 Å². The Morgan fingerprint density at radius 2 is 2.09 bits per heavy atom. The molecule has 8 nitrogen and oxygen atoms in total. The molecule has 0 spiro atoms. The number of fused-ring (bicyclic) bond motifs is 1. The topological polar surface area (TPSA) is 106 Å². The van der Waals surface area contributed by atoms with Gasteiger partial charge in [0.25, 0.3) is 11.9 Å². The maximum Gasteiger partial charge on any atom is 0.292 e. The quantitative estimate of drug-likeness (QED) is 0.622. The summed E-state index contributed by atoms with van der Waals surface area (Å²) in [6.07, 6.45) is 8.79. The van der Waals surface area contributed by atoms with Crippen molar-refractivity contribution < 1.29 is 14.0 Å². The molecule has 5 rings (SSSR count). The lowest BCUT2D eigenvalue weighted by Gasteiger charge is -2.29. The van der Waals surface area contributed by atoms with Gasteiger partial charge in [0.15, 0.2) is 5.58 Å². The van der Waals surface area contributed by atoms with Crippen molar-refractivity contribution in [2.45, 2.75) is 44.6 Å². The summed E-state index contributed by atoms with van der Waals surface area (Å²) in [5.74, 6) is 0.554. The molecule has 0 radical (unpaired) electrons. The number of oxazole rings is 1. The number of hydrogen-bond acceptors (Lipinski definition) is 6. The Bertz CT molecular complexity index is 1150. The van der Waals surface area contributed by atoms with Crippen molar-refractivity contribution in [1.82, 2.24) is 19.8 Å². The largest absolute Gasteiger partial charge is 0.424 e. The average Bonchev–Trinajstić information content (AvgIpc) is 3.57. The van der Waals surface area contributed by atoms with Gasteiger partial charge in [-0.1, -0.05) is 6.07 Å². The van der Waals surface area contributed by atoms with E-state index in [0.717, 1.165) is 57.3 Å². The minimum atomic E-state index is 0.0159. The number of carbonyl (C=O) groups excluding carboxylic acids is 2. The molecule has 2 saturated heterocycles. The predicted molar refractivity (Wildman–Crippen MR) is 124 cm³/mol. The number of anilines is 1. The molecule has 0 aliphatic carbocycles. The van der Waals surface area contributed by atoms with E-state index in [1.54, 1.807) is 24.4 Å². The summed E-state index contributed by atoms with van der Waals surface area (Å²) in [6, 6.07) is 9.52. The van der Waals surface area contributed by atoms with E-state index in [1.807, 2.05) is 28.1 Å². The van der Waals surface area contributed by atoms with Crippen molar-refractivity contribution in [3.8, 4) is 0 Å². The molecule has 2 N–H and O–H groups in total. The lowest BCUT2D eigenvalue weighted by Crippen LogP contribution is -2.41. The van der Waals surface area contributed by atoms with E-state index in [1.165, 1.54) is 0 Å². The molecule has 3 aromatic rings. The Morgan fingerprint density at radius 1 is 1.18 bits per heavy atom. The number of aryl methyl sites for hydroxylation is 1. The number of pyridine rings is 1. The molecule has 8 heteroatoms. The van der Waals surface area contributed by atoms with E-state index < -0.39 is 0 Å². The highest BCUT2D eigenvalue weighted by atomic mass is 16.4. The smallest absolute Gasteiger partial charge is 0.292 e. The summed E-state index contributed by atoms with van der Waals surface area (Å²) in [6.45, 7) is 2.26. The molecule has 172 valence electrons. The molecular weight excluding hydrogens is 418 g/mol. The highest BCUT2D eigenvalue weighted by molar-refractivity contribution is 5.97. The molecule has 2 atom stereocenters. The number of carbonyl (C=O) groups is 2. The molecule has 2 aromatic heterocycles. The summed E-state index contributed by atoms with van der Waals surface area (Å²) in [5, 5.41) is 0. The standard InChI is InChI=1S/C25H29N5O3/c26-25-28-20-14-18(8-9-22(20)33-25)24(32)30-12-3-6-21(30)19-10-13-29(16-19)23(31)7-1-4-17-5-2-11-27-15-17/h2,5,8-9,11,14-15,19,21H,1,3-4,6-7,10,12-13,16H2,(H2,26,28). The SMILES string of the molecule is Nc1nc2cc(C(=O)N3CCCC3C3CCN(C(=O)CCCc4cccnc4)C3)ccc2o1. The highest BCUT2D eigenvalue weighted by Gasteiger charge is 2.39. The van der Waals surface area contributed by atoms with Crippen molar-refractivity contribution in [3.63, 3.8) is 0 Å². The van der Waals surface area contributed by atoms with E-state index in [0.29, 0.717) is 29.0 Å². The van der Waals surface area contributed by atoms with Crippen molar-refractivity contribution >= 4 is 28.9 Å². The zero-order valence-electron chi connectivity index (χ0n) is 18.7. The minimum absolute atomic E-state index is 0.0159. The molecule has 2 aliphatic rings. The fourth-order valence-corrected chi connectivity index (χ4v) is 5.25. The summed E-state index contributed by atoms with van der Waals surface area (Å²) >= 11 is 0. The molecule has 0 bridgehead atoms. The number of nitrogens with zero attached hydrogens (tertiary/aromatic N) is 4. The van der Waals surface area contributed by atoms with E-state index in [9.17, 15) is 9.59 Å². The van der Waals surface area contributed by atoms with Crippen molar-refractivity contribution in [2.24, 2.45) is 5.92 Å². The van der Waals surface area contributed by atoms with Gasteiger partial charge in [0.1, 0.15) is 5.52 Å². The van der Waals surface area contributed by atoms with Crippen LogP contribution < -0.4 is 5.73 Å². The van der Waals surface area contributed by atoms with Crippen LogP contribution in [0.4, 0.5) is 6.01 Å². The third-order valence-corrected chi connectivity index (χ3v) is 6.91. The highest BCUT2D eigenvalue weighted by Crippen LogP contribution is 2.32. The normalized spacial score (nSPS) is 20.6. The van der Waals surface area contributed by atoms with Gasteiger partial charge in [0.05, 0.1) is 0 Å². The molecular formula is C25H29N5O3. The van der Waals surface area contributed by atoms with Gasteiger partial charge in [0, 0.05) is 50.1 Å². The second kappa shape index (κ2) is 9.21. The Morgan fingerprint density at radius 3 is 2.94 bits per heavy atom. The number of nitrogens with two attached hydrogens (primary N) is 1. The summed E-state index contributed by atoms with van der Waals surface area (Å²) < 4.78 is 5.32. The van der Waals surface area contributed by atoms with E-state index in [-0.39, 0.29) is 23.9 Å². The van der Waals surface area contributed by atoms with E-state index in [2.05, 4.69) is 9.97 Å². The fraction of sp³-hybridized carbons (Fsp3) is 0.440. The average molecular weight is 448 g/mol. The Balaban J connectivity index is 1.18. The first-order valence-corrected chi connectivity index (χ1v) is 11.7. The second-order valence-corrected chi connectivity index (χ2v) is 9.05. The number of nitrogen functional groups attached to an aromatic ring is 1. The number of likely N-dealkylation sites (tertiary alicyclic amines) is 2. The van der Waals surface area contributed by atoms with Crippen LogP contribution in [0.3, 0.4) is 0 Å². The number of benzene rings is 1. The zero-order valence-corrected chi connectivity index (χ0v) is 18.7.